The molecule has 0 aromatic heterocycles. The predicted octanol–water partition coefficient (Wildman–Crippen LogP) is 4.45. The van der Waals surface area contributed by atoms with Crippen LogP contribution >= 0.6 is 0 Å². The van der Waals surface area contributed by atoms with Gasteiger partial charge < -0.3 is 4.74 Å². The minimum Gasteiger partial charge on any atom is -0.487 e. The van der Waals surface area contributed by atoms with E-state index in [0.29, 0.717) is 17.7 Å². The fourth-order valence-electron chi connectivity index (χ4n) is 3.97. The van der Waals surface area contributed by atoms with E-state index < -0.39 is 6.04 Å². The molecule has 1 saturated heterocycles. The fourth-order valence-corrected chi connectivity index (χ4v) is 3.97. The van der Waals surface area contributed by atoms with Crippen LogP contribution in [0.1, 0.15) is 36.4 Å². The molecule has 0 bridgehead atoms. The number of ether oxygens (including phenoxy) is 1. The molecule has 0 N–H and O–H groups in total. The number of nitrogens with zero attached hydrogens (tertiary/aromatic N) is 2. The molecule has 25 heavy (non-hydrogen) atoms. The first kappa shape index (κ1) is 16.2. The summed E-state index contributed by atoms with van der Waals surface area (Å²) in [7, 11) is 0. The van der Waals surface area contributed by atoms with Gasteiger partial charge in [0.05, 0.1) is 0 Å². The molecule has 0 aliphatic carbocycles. The summed E-state index contributed by atoms with van der Waals surface area (Å²) < 4.78 is 19.7. The third kappa shape index (κ3) is 3.29. The van der Waals surface area contributed by atoms with Crippen molar-refractivity contribution < 1.29 is 9.13 Å². The number of nitroso groups, excluding NO2 is 1. The SMILES string of the molecule is O=NC1CC2(CCN(Cc3ccccc3)CC2)Oc2ccc(F)cc21. The lowest BCUT2D eigenvalue weighted by molar-refractivity contribution is -0.0234. The first-order chi connectivity index (χ1) is 12.2. The van der Waals surface area contributed by atoms with Crippen LogP contribution in [0.4, 0.5) is 4.39 Å². The molecular weight excluding hydrogens is 319 g/mol. The molecule has 2 heterocycles. The van der Waals surface area contributed by atoms with Crippen molar-refractivity contribution in [2.75, 3.05) is 13.1 Å². The standard InChI is InChI=1S/C20H21FN2O2/c21-16-6-7-19-17(12-16)18(22-24)13-20(25-19)8-10-23(11-9-20)14-15-4-2-1-3-5-15/h1-7,12,18H,8-11,13-14H2. The van der Waals surface area contributed by atoms with Crippen molar-refractivity contribution in [2.24, 2.45) is 5.18 Å². The molecule has 1 fully saturated rings. The van der Waals surface area contributed by atoms with E-state index in [1.165, 1.54) is 17.7 Å². The molecule has 1 atom stereocenters. The zero-order valence-corrected chi connectivity index (χ0v) is 14.0. The number of benzene rings is 2. The van der Waals surface area contributed by atoms with Crippen molar-refractivity contribution in [3.05, 3.63) is 70.4 Å². The molecule has 1 spiro atoms. The van der Waals surface area contributed by atoms with Gasteiger partial charge >= 0.3 is 0 Å². The summed E-state index contributed by atoms with van der Waals surface area (Å²) >= 11 is 0. The average Bonchev–Trinajstić information content (AvgIpc) is 2.64. The lowest BCUT2D eigenvalue weighted by Gasteiger charge is -2.45. The quantitative estimate of drug-likeness (QED) is 0.775. The summed E-state index contributed by atoms with van der Waals surface area (Å²) in [4.78, 5) is 13.7. The Morgan fingerprint density at radius 1 is 1.16 bits per heavy atom. The molecule has 2 aliphatic rings. The van der Waals surface area contributed by atoms with Crippen LogP contribution in [0.3, 0.4) is 0 Å². The molecule has 0 saturated carbocycles. The molecule has 5 heteroatoms. The molecule has 0 amide bonds. The highest BCUT2D eigenvalue weighted by molar-refractivity contribution is 5.39. The topological polar surface area (TPSA) is 41.9 Å². The second-order valence-electron chi connectivity index (χ2n) is 7.05. The van der Waals surface area contributed by atoms with Crippen molar-refractivity contribution in [3.63, 3.8) is 0 Å². The van der Waals surface area contributed by atoms with Crippen LogP contribution < -0.4 is 4.74 Å². The highest BCUT2D eigenvalue weighted by Crippen LogP contribution is 2.46. The monoisotopic (exact) mass is 340 g/mol. The van der Waals surface area contributed by atoms with Crippen LogP contribution in [0, 0.1) is 10.7 Å². The molecule has 2 aromatic rings. The normalized spacial score (nSPS) is 22.2. The van der Waals surface area contributed by atoms with E-state index in [0.717, 1.165) is 32.5 Å². The maximum absolute atomic E-state index is 13.5. The maximum atomic E-state index is 13.5. The Kier molecular flexibility index (Phi) is 4.25. The van der Waals surface area contributed by atoms with E-state index in [2.05, 4.69) is 34.3 Å². The van der Waals surface area contributed by atoms with Gasteiger partial charge in [0.25, 0.3) is 0 Å². The van der Waals surface area contributed by atoms with Gasteiger partial charge in [-0.25, -0.2) is 4.39 Å². The van der Waals surface area contributed by atoms with Crippen LogP contribution in [0.5, 0.6) is 5.75 Å². The number of piperidine rings is 1. The molecule has 1 unspecified atom stereocenters. The lowest BCUT2D eigenvalue weighted by atomic mass is 9.80. The van der Waals surface area contributed by atoms with Crippen molar-refractivity contribution in [3.8, 4) is 5.75 Å². The zero-order valence-electron chi connectivity index (χ0n) is 14.0. The summed E-state index contributed by atoms with van der Waals surface area (Å²) in [6.07, 6.45) is 2.23. The van der Waals surface area contributed by atoms with Gasteiger partial charge in [-0.05, 0) is 36.6 Å². The molecule has 2 aromatic carbocycles. The average molecular weight is 340 g/mol. The van der Waals surface area contributed by atoms with Gasteiger partial charge in [-0.3, -0.25) is 4.90 Å². The summed E-state index contributed by atoms with van der Waals surface area (Å²) in [5, 5.41) is 3.26. The number of rotatable bonds is 3. The maximum Gasteiger partial charge on any atom is 0.125 e. The van der Waals surface area contributed by atoms with Crippen LogP contribution in [0.15, 0.2) is 53.7 Å². The van der Waals surface area contributed by atoms with Crippen molar-refractivity contribution in [2.45, 2.75) is 37.5 Å². The minimum absolute atomic E-state index is 0.357. The number of likely N-dealkylation sites (tertiary alicyclic amines) is 1. The largest absolute Gasteiger partial charge is 0.487 e. The second-order valence-corrected chi connectivity index (χ2v) is 7.05. The van der Waals surface area contributed by atoms with E-state index in [1.807, 2.05) is 6.07 Å². The molecule has 0 radical (unpaired) electrons. The Bertz CT molecular complexity index is 758. The summed E-state index contributed by atoms with van der Waals surface area (Å²) in [6, 6.07) is 14.3. The van der Waals surface area contributed by atoms with Gasteiger partial charge in [-0.15, -0.1) is 0 Å². The molecule has 4 nitrogen and oxygen atoms in total. The summed E-state index contributed by atoms with van der Waals surface area (Å²) in [6.45, 7) is 2.75. The third-order valence-corrected chi connectivity index (χ3v) is 5.37. The predicted molar refractivity (Wildman–Crippen MR) is 93.9 cm³/mol. The van der Waals surface area contributed by atoms with E-state index in [1.54, 1.807) is 6.07 Å². The summed E-state index contributed by atoms with van der Waals surface area (Å²) in [5.41, 5.74) is 1.51. The fraction of sp³-hybridized carbons (Fsp3) is 0.400. The molecular formula is C20H21FN2O2. The van der Waals surface area contributed by atoms with Crippen molar-refractivity contribution in [1.29, 1.82) is 0 Å². The highest BCUT2D eigenvalue weighted by Gasteiger charge is 2.44. The van der Waals surface area contributed by atoms with Crippen LogP contribution in [-0.4, -0.2) is 23.6 Å². The Morgan fingerprint density at radius 3 is 2.64 bits per heavy atom. The van der Waals surface area contributed by atoms with Gasteiger partial charge in [0, 0.05) is 31.6 Å². The molecule has 2 aliphatic heterocycles. The van der Waals surface area contributed by atoms with Crippen molar-refractivity contribution >= 4 is 0 Å². The Labute approximate surface area is 146 Å². The summed E-state index contributed by atoms with van der Waals surface area (Å²) in [5.74, 6) is 0.249. The first-order valence-electron chi connectivity index (χ1n) is 8.75. The van der Waals surface area contributed by atoms with Crippen LogP contribution in [0.25, 0.3) is 0 Å². The second kappa shape index (κ2) is 6.56. The molecule has 130 valence electrons. The van der Waals surface area contributed by atoms with Gasteiger partial charge in [-0.2, -0.15) is 4.91 Å². The minimum atomic E-state index is -0.528. The van der Waals surface area contributed by atoms with E-state index in [-0.39, 0.29) is 11.4 Å². The van der Waals surface area contributed by atoms with E-state index in [4.69, 9.17) is 4.74 Å². The Balaban J connectivity index is 1.47. The van der Waals surface area contributed by atoms with Crippen LogP contribution in [0.2, 0.25) is 0 Å². The molecule has 4 rings (SSSR count). The van der Waals surface area contributed by atoms with Gasteiger partial charge in [0.2, 0.25) is 0 Å². The first-order valence-corrected chi connectivity index (χ1v) is 8.75. The number of halogens is 1. The number of hydrogen-bond donors (Lipinski definition) is 0. The number of fused-ring (bicyclic) bond motifs is 1. The lowest BCUT2D eigenvalue weighted by Crippen LogP contribution is -2.50. The Morgan fingerprint density at radius 2 is 1.92 bits per heavy atom. The highest BCUT2D eigenvalue weighted by atomic mass is 19.1. The smallest absolute Gasteiger partial charge is 0.125 e. The van der Waals surface area contributed by atoms with Gasteiger partial charge in [0.1, 0.15) is 23.2 Å². The van der Waals surface area contributed by atoms with Crippen LogP contribution in [-0.2, 0) is 6.54 Å². The van der Waals surface area contributed by atoms with E-state index in [9.17, 15) is 9.30 Å². The third-order valence-electron chi connectivity index (χ3n) is 5.37. The zero-order chi connectivity index (χ0) is 17.3. The Hall–Kier alpha value is -2.27. The van der Waals surface area contributed by atoms with Gasteiger partial charge in [-0.1, -0.05) is 35.5 Å². The van der Waals surface area contributed by atoms with E-state index >= 15 is 0 Å². The van der Waals surface area contributed by atoms with Crippen molar-refractivity contribution in [1.82, 2.24) is 4.90 Å². The number of hydrogen-bond acceptors (Lipinski definition) is 4. The van der Waals surface area contributed by atoms with Gasteiger partial charge in [0.15, 0.2) is 0 Å².